The van der Waals surface area contributed by atoms with E-state index in [0.717, 1.165) is 0 Å². The van der Waals surface area contributed by atoms with E-state index in [1.807, 2.05) is 0 Å². The normalized spacial score (nSPS) is 18.8. The smallest absolute Gasteiger partial charge is 0.262 e. The molecule has 1 aromatic rings. The number of carbonyl (C=O) groups is 2. The molecule has 136 valence electrons. The third-order valence-corrected chi connectivity index (χ3v) is 6.23. The first kappa shape index (κ1) is 17.7. The second kappa shape index (κ2) is 7.01. The van der Waals surface area contributed by atoms with Crippen LogP contribution in [0.3, 0.4) is 0 Å². The molecule has 0 bridgehead atoms. The molecule has 0 spiro atoms. The molecule has 0 aromatic heterocycles. The van der Waals surface area contributed by atoms with Gasteiger partial charge in [-0.05, 0) is 24.6 Å². The molecule has 0 atom stereocenters. The molecule has 1 fully saturated rings. The van der Waals surface area contributed by atoms with Crippen molar-refractivity contribution in [2.45, 2.75) is 24.7 Å². The Morgan fingerprint density at radius 2 is 2.04 bits per heavy atom. The van der Waals surface area contributed by atoms with Crippen molar-refractivity contribution in [3.63, 3.8) is 0 Å². The van der Waals surface area contributed by atoms with Crippen molar-refractivity contribution in [3.05, 3.63) is 18.2 Å². The van der Waals surface area contributed by atoms with Crippen molar-refractivity contribution < 1.29 is 22.7 Å². The number of carbonyl (C=O) groups excluding carboxylic acids is 2. The third kappa shape index (κ3) is 3.62. The molecular formula is C16H21N3O5S. The van der Waals surface area contributed by atoms with E-state index in [2.05, 4.69) is 5.32 Å². The van der Waals surface area contributed by atoms with E-state index < -0.39 is 10.0 Å². The quantitative estimate of drug-likeness (QED) is 0.846. The van der Waals surface area contributed by atoms with Gasteiger partial charge in [-0.3, -0.25) is 9.59 Å². The lowest BCUT2D eigenvalue weighted by Gasteiger charge is -2.23. The van der Waals surface area contributed by atoms with Crippen LogP contribution in [0, 0.1) is 0 Å². The van der Waals surface area contributed by atoms with Crippen LogP contribution < -0.4 is 10.1 Å². The van der Waals surface area contributed by atoms with Gasteiger partial charge in [-0.25, -0.2) is 8.42 Å². The van der Waals surface area contributed by atoms with Crippen LogP contribution in [0.25, 0.3) is 0 Å². The molecule has 2 aliphatic rings. The molecule has 1 aromatic carbocycles. The van der Waals surface area contributed by atoms with Crippen LogP contribution >= 0.6 is 0 Å². The standard InChI is InChI=1S/C16H21N3O5S/c1-2-16(21)18-6-3-7-19(9-8-18)25(22,23)12-4-5-14-13(10-12)17-15(20)11-24-14/h4-5,10H,2-3,6-9,11H2,1H3,(H,17,20). The van der Waals surface area contributed by atoms with Gasteiger partial charge < -0.3 is 15.0 Å². The van der Waals surface area contributed by atoms with Crippen LogP contribution in [0.5, 0.6) is 5.75 Å². The summed E-state index contributed by atoms with van der Waals surface area (Å²) in [6, 6.07) is 4.44. The highest BCUT2D eigenvalue weighted by molar-refractivity contribution is 7.89. The van der Waals surface area contributed by atoms with E-state index in [-0.39, 0.29) is 29.9 Å². The molecule has 0 unspecified atom stereocenters. The Morgan fingerprint density at radius 3 is 2.80 bits per heavy atom. The summed E-state index contributed by atoms with van der Waals surface area (Å²) in [5.41, 5.74) is 0.356. The maximum atomic E-state index is 12.9. The van der Waals surface area contributed by atoms with Crippen LogP contribution in [0.2, 0.25) is 0 Å². The maximum absolute atomic E-state index is 12.9. The maximum Gasteiger partial charge on any atom is 0.262 e. The first-order chi connectivity index (χ1) is 11.9. The number of hydrogen-bond donors (Lipinski definition) is 1. The van der Waals surface area contributed by atoms with E-state index >= 15 is 0 Å². The van der Waals surface area contributed by atoms with Crippen molar-refractivity contribution in [1.29, 1.82) is 0 Å². The first-order valence-corrected chi connectivity index (χ1v) is 9.70. The van der Waals surface area contributed by atoms with Gasteiger partial charge in [0.2, 0.25) is 15.9 Å². The highest BCUT2D eigenvalue weighted by Gasteiger charge is 2.29. The topological polar surface area (TPSA) is 96.0 Å². The molecule has 2 amide bonds. The largest absolute Gasteiger partial charge is 0.482 e. The van der Waals surface area contributed by atoms with Crippen LogP contribution in [0.15, 0.2) is 23.1 Å². The molecule has 9 heteroatoms. The number of nitrogens with zero attached hydrogens (tertiary/aromatic N) is 2. The Labute approximate surface area is 146 Å². The zero-order valence-corrected chi connectivity index (χ0v) is 14.8. The monoisotopic (exact) mass is 367 g/mol. The highest BCUT2D eigenvalue weighted by atomic mass is 32.2. The Balaban J connectivity index is 1.81. The summed E-state index contributed by atoms with van der Waals surface area (Å²) in [4.78, 5) is 25.1. The molecule has 1 N–H and O–H groups in total. The predicted octanol–water partition coefficient (Wildman–Crippen LogP) is 0.651. The summed E-state index contributed by atoms with van der Waals surface area (Å²) in [6.45, 7) is 3.28. The molecule has 0 radical (unpaired) electrons. The van der Waals surface area contributed by atoms with Crippen molar-refractivity contribution in [1.82, 2.24) is 9.21 Å². The molecule has 2 aliphatic heterocycles. The van der Waals surface area contributed by atoms with Crippen molar-refractivity contribution in [2.75, 3.05) is 38.1 Å². The number of anilines is 1. The number of amides is 2. The second-order valence-electron chi connectivity index (χ2n) is 5.99. The summed E-state index contributed by atoms with van der Waals surface area (Å²) in [7, 11) is -3.70. The number of rotatable bonds is 3. The summed E-state index contributed by atoms with van der Waals surface area (Å²) in [5.74, 6) is 0.174. The SMILES string of the molecule is CCC(=O)N1CCCN(S(=O)(=O)c2ccc3c(c2)NC(=O)CO3)CC1. The van der Waals surface area contributed by atoms with E-state index in [9.17, 15) is 18.0 Å². The van der Waals surface area contributed by atoms with E-state index in [1.54, 1.807) is 17.9 Å². The third-order valence-electron chi connectivity index (χ3n) is 4.33. The van der Waals surface area contributed by atoms with Crippen molar-refractivity contribution in [2.24, 2.45) is 0 Å². The van der Waals surface area contributed by atoms with Gasteiger partial charge in [-0.15, -0.1) is 0 Å². The molecule has 1 saturated heterocycles. The molecule has 0 saturated carbocycles. The zero-order valence-electron chi connectivity index (χ0n) is 14.0. The molecule has 0 aliphatic carbocycles. The first-order valence-electron chi connectivity index (χ1n) is 8.26. The predicted molar refractivity (Wildman–Crippen MR) is 90.8 cm³/mol. The van der Waals surface area contributed by atoms with Gasteiger partial charge >= 0.3 is 0 Å². The molecular weight excluding hydrogens is 346 g/mol. The van der Waals surface area contributed by atoms with Crippen LogP contribution in [0.1, 0.15) is 19.8 Å². The number of fused-ring (bicyclic) bond motifs is 1. The van der Waals surface area contributed by atoms with Gasteiger partial charge in [0.25, 0.3) is 5.91 Å². The average molecular weight is 367 g/mol. The minimum absolute atomic E-state index is 0.0351. The highest BCUT2D eigenvalue weighted by Crippen LogP contribution is 2.31. The Morgan fingerprint density at radius 1 is 1.24 bits per heavy atom. The second-order valence-corrected chi connectivity index (χ2v) is 7.92. The summed E-state index contributed by atoms with van der Waals surface area (Å²) < 4.78 is 32.5. The van der Waals surface area contributed by atoms with Crippen molar-refractivity contribution in [3.8, 4) is 5.75 Å². The van der Waals surface area contributed by atoms with E-state index in [0.29, 0.717) is 43.9 Å². The molecule has 2 heterocycles. The van der Waals surface area contributed by atoms with Gasteiger partial charge in [-0.1, -0.05) is 6.92 Å². The fraction of sp³-hybridized carbons (Fsp3) is 0.500. The minimum atomic E-state index is -3.70. The number of sulfonamides is 1. The summed E-state index contributed by atoms with van der Waals surface area (Å²) in [5, 5.41) is 2.62. The van der Waals surface area contributed by atoms with Crippen LogP contribution in [-0.2, 0) is 19.6 Å². The van der Waals surface area contributed by atoms with Gasteiger partial charge in [0.15, 0.2) is 6.61 Å². The fourth-order valence-corrected chi connectivity index (χ4v) is 4.48. The minimum Gasteiger partial charge on any atom is -0.482 e. The van der Waals surface area contributed by atoms with E-state index in [4.69, 9.17) is 4.74 Å². The molecule has 8 nitrogen and oxygen atoms in total. The lowest BCUT2D eigenvalue weighted by molar-refractivity contribution is -0.130. The van der Waals surface area contributed by atoms with Crippen molar-refractivity contribution >= 4 is 27.5 Å². The van der Waals surface area contributed by atoms with Gasteiger partial charge in [0, 0.05) is 32.6 Å². The molecule has 25 heavy (non-hydrogen) atoms. The van der Waals surface area contributed by atoms with Crippen LogP contribution in [-0.4, -0.2) is 62.2 Å². The fourth-order valence-electron chi connectivity index (χ4n) is 2.98. The van der Waals surface area contributed by atoms with Gasteiger partial charge in [0.1, 0.15) is 5.75 Å². The van der Waals surface area contributed by atoms with Crippen LogP contribution in [0.4, 0.5) is 5.69 Å². The molecule has 3 rings (SSSR count). The number of ether oxygens (including phenoxy) is 1. The zero-order chi connectivity index (χ0) is 18.0. The van der Waals surface area contributed by atoms with Gasteiger partial charge in [0.05, 0.1) is 10.6 Å². The Hall–Kier alpha value is -2.13. The lowest BCUT2D eigenvalue weighted by Crippen LogP contribution is -2.37. The number of benzene rings is 1. The van der Waals surface area contributed by atoms with E-state index in [1.165, 1.54) is 16.4 Å². The lowest BCUT2D eigenvalue weighted by atomic mass is 10.2. The Kier molecular flexibility index (Phi) is 4.96. The summed E-state index contributed by atoms with van der Waals surface area (Å²) in [6.07, 6.45) is 1.01. The summed E-state index contributed by atoms with van der Waals surface area (Å²) >= 11 is 0. The number of hydrogen-bond acceptors (Lipinski definition) is 5. The number of nitrogens with one attached hydrogen (secondary N) is 1. The Bertz CT molecular complexity index is 793. The van der Waals surface area contributed by atoms with Gasteiger partial charge in [-0.2, -0.15) is 4.31 Å². The average Bonchev–Trinajstić information content (AvgIpc) is 2.87.